The molecule has 20 heavy (non-hydrogen) atoms. The summed E-state index contributed by atoms with van der Waals surface area (Å²) >= 11 is 0. The lowest BCUT2D eigenvalue weighted by Gasteiger charge is -2.27. The van der Waals surface area contributed by atoms with Crippen LogP contribution in [0.2, 0.25) is 0 Å². The molecule has 0 amide bonds. The van der Waals surface area contributed by atoms with E-state index in [2.05, 4.69) is 19.2 Å². The van der Waals surface area contributed by atoms with Crippen LogP contribution in [0.1, 0.15) is 38.7 Å². The molecule has 1 aliphatic rings. The van der Waals surface area contributed by atoms with Gasteiger partial charge in [-0.1, -0.05) is 13.8 Å². The fourth-order valence-electron chi connectivity index (χ4n) is 3.18. The second-order valence-electron chi connectivity index (χ2n) is 5.82. The summed E-state index contributed by atoms with van der Waals surface area (Å²) in [6.45, 7) is 6.29. The van der Waals surface area contributed by atoms with Gasteiger partial charge in [-0.2, -0.15) is 0 Å². The topological polar surface area (TPSA) is 15.3 Å². The van der Waals surface area contributed by atoms with E-state index in [0.717, 1.165) is 32.4 Å². The molecule has 0 unspecified atom stereocenters. The number of nitrogens with zero attached hydrogens (tertiary/aromatic N) is 1. The van der Waals surface area contributed by atoms with Crippen molar-refractivity contribution in [1.82, 2.24) is 5.32 Å². The van der Waals surface area contributed by atoms with Crippen molar-refractivity contribution in [3.05, 3.63) is 29.3 Å². The van der Waals surface area contributed by atoms with E-state index >= 15 is 0 Å². The Labute approximate surface area is 120 Å². The van der Waals surface area contributed by atoms with Crippen LogP contribution in [0.15, 0.2) is 12.1 Å². The maximum Gasteiger partial charge on any atom is 0.149 e. The molecule has 0 aliphatic carbocycles. The van der Waals surface area contributed by atoms with E-state index in [4.69, 9.17) is 0 Å². The molecule has 0 saturated carbocycles. The zero-order valence-corrected chi connectivity index (χ0v) is 12.6. The van der Waals surface area contributed by atoms with Gasteiger partial charge < -0.3 is 10.2 Å². The van der Waals surface area contributed by atoms with Crippen molar-refractivity contribution in [2.75, 3.05) is 25.0 Å². The summed E-state index contributed by atoms with van der Waals surface area (Å²) in [5.74, 6) is -0.892. The van der Waals surface area contributed by atoms with Gasteiger partial charge in [0.25, 0.3) is 0 Å². The van der Waals surface area contributed by atoms with Crippen LogP contribution in [0.5, 0.6) is 0 Å². The highest BCUT2D eigenvalue weighted by molar-refractivity contribution is 5.52. The van der Waals surface area contributed by atoms with Crippen molar-refractivity contribution < 1.29 is 8.78 Å². The number of hydrogen-bond acceptors (Lipinski definition) is 2. The van der Waals surface area contributed by atoms with Crippen molar-refractivity contribution in [2.24, 2.45) is 5.41 Å². The van der Waals surface area contributed by atoms with Crippen molar-refractivity contribution in [1.29, 1.82) is 0 Å². The molecule has 1 aromatic carbocycles. The zero-order chi connectivity index (χ0) is 14.8. The first-order valence-electron chi connectivity index (χ1n) is 7.42. The summed E-state index contributed by atoms with van der Waals surface area (Å²) in [6.07, 6.45) is 3.12. The van der Waals surface area contributed by atoms with Gasteiger partial charge in [-0.15, -0.1) is 0 Å². The summed E-state index contributed by atoms with van der Waals surface area (Å²) in [6, 6.07) is 2.87. The third-order valence-electron chi connectivity index (χ3n) is 4.71. The third-order valence-corrected chi connectivity index (χ3v) is 4.71. The van der Waals surface area contributed by atoms with Crippen molar-refractivity contribution in [3.63, 3.8) is 0 Å². The van der Waals surface area contributed by atoms with Gasteiger partial charge in [-0.25, -0.2) is 8.78 Å². The molecule has 0 bridgehead atoms. The number of nitrogens with one attached hydrogen (secondary N) is 1. The monoisotopic (exact) mass is 282 g/mol. The quantitative estimate of drug-likeness (QED) is 0.886. The van der Waals surface area contributed by atoms with Crippen molar-refractivity contribution in [2.45, 2.75) is 39.7 Å². The lowest BCUT2D eigenvalue weighted by Crippen LogP contribution is -2.27. The lowest BCUT2D eigenvalue weighted by atomic mass is 9.82. The van der Waals surface area contributed by atoms with E-state index in [1.165, 1.54) is 12.1 Å². The van der Waals surface area contributed by atoms with Crippen LogP contribution in [-0.4, -0.2) is 20.1 Å². The molecule has 0 radical (unpaired) electrons. The van der Waals surface area contributed by atoms with Crippen LogP contribution in [-0.2, 0) is 6.54 Å². The standard InChI is InChI=1S/C16H24F2N2/c1-4-16(5-2)6-7-20(11-16)15-13(17)8-12(10-19-3)9-14(15)18/h8-9,19H,4-7,10-11H2,1-3H3. The van der Waals surface area contributed by atoms with Gasteiger partial charge in [0.15, 0.2) is 0 Å². The minimum absolute atomic E-state index is 0.147. The average Bonchev–Trinajstić information content (AvgIpc) is 2.83. The second-order valence-corrected chi connectivity index (χ2v) is 5.82. The van der Waals surface area contributed by atoms with Gasteiger partial charge in [-0.05, 0) is 49.4 Å². The molecule has 0 atom stereocenters. The van der Waals surface area contributed by atoms with Crippen LogP contribution in [0.25, 0.3) is 0 Å². The molecular formula is C16H24F2N2. The van der Waals surface area contributed by atoms with E-state index in [1.54, 1.807) is 7.05 Å². The van der Waals surface area contributed by atoms with Crippen molar-refractivity contribution >= 4 is 5.69 Å². The van der Waals surface area contributed by atoms with Gasteiger partial charge >= 0.3 is 0 Å². The van der Waals surface area contributed by atoms with E-state index in [1.807, 2.05) is 4.90 Å². The van der Waals surface area contributed by atoms with Gasteiger partial charge in [0.1, 0.15) is 17.3 Å². The largest absolute Gasteiger partial charge is 0.366 e. The number of hydrogen-bond donors (Lipinski definition) is 1. The third kappa shape index (κ3) is 2.80. The molecule has 0 spiro atoms. The Morgan fingerprint density at radius 2 is 1.80 bits per heavy atom. The normalized spacial score (nSPS) is 17.8. The van der Waals surface area contributed by atoms with Crippen LogP contribution in [0, 0.1) is 17.0 Å². The second kappa shape index (κ2) is 6.08. The molecule has 1 aliphatic heterocycles. The molecule has 112 valence electrons. The Morgan fingerprint density at radius 3 is 2.25 bits per heavy atom. The van der Waals surface area contributed by atoms with E-state index in [0.29, 0.717) is 12.1 Å². The first kappa shape index (κ1) is 15.2. The number of halogens is 2. The highest BCUT2D eigenvalue weighted by Gasteiger charge is 2.36. The molecule has 1 aromatic rings. The predicted octanol–water partition coefficient (Wildman–Crippen LogP) is 3.70. The Balaban J connectivity index is 2.26. The Morgan fingerprint density at radius 1 is 1.20 bits per heavy atom. The highest BCUT2D eigenvalue weighted by atomic mass is 19.1. The Bertz CT molecular complexity index is 447. The van der Waals surface area contributed by atoms with Crippen LogP contribution >= 0.6 is 0 Å². The fourth-order valence-corrected chi connectivity index (χ4v) is 3.18. The van der Waals surface area contributed by atoms with Crippen LogP contribution in [0.4, 0.5) is 14.5 Å². The fraction of sp³-hybridized carbons (Fsp3) is 0.625. The molecule has 1 heterocycles. The molecule has 2 rings (SSSR count). The molecule has 1 N–H and O–H groups in total. The SMILES string of the molecule is CCC1(CC)CCN(c2c(F)cc(CNC)cc2F)C1. The minimum atomic E-state index is -0.446. The van der Waals surface area contributed by atoms with Crippen molar-refractivity contribution in [3.8, 4) is 0 Å². The predicted molar refractivity (Wildman–Crippen MR) is 79.0 cm³/mol. The molecular weight excluding hydrogens is 258 g/mol. The summed E-state index contributed by atoms with van der Waals surface area (Å²) < 4.78 is 28.5. The number of anilines is 1. The van der Waals surface area contributed by atoms with E-state index < -0.39 is 11.6 Å². The minimum Gasteiger partial charge on any atom is -0.366 e. The highest BCUT2D eigenvalue weighted by Crippen LogP contribution is 2.40. The molecule has 4 heteroatoms. The smallest absolute Gasteiger partial charge is 0.149 e. The first-order chi connectivity index (χ1) is 9.55. The van der Waals surface area contributed by atoms with Crippen LogP contribution < -0.4 is 10.2 Å². The first-order valence-corrected chi connectivity index (χ1v) is 7.42. The van der Waals surface area contributed by atoms with E-state index in [-0.39, 0.29) is 11.1 Å². The summed E-state index contributed by atoms with van der Waals surface area (Å²) in [7, 11) is 1.76. The Kier molecular flexibility index (Phi) is 4.63. The average molecular weight is 282 g/mol. The van der Waals surface area contributed by atoms with Gasteiger partial charge in [0.2, 0.25) is 0 Å². The van der Waals surface area contributed by atoms with Gasteiger partial charge in [0.05, 0.1) is 0 Å². The molecule has 0 aromatic heterocycles. The summed E-state index contributed by atoms with van der Waals surface area (Å²) in [5, 5.41) is 2.91. The number of rotatable bonds is 5. The summed E-state index contributed by atoms with van der Waals surface area (Å²) in [5.41, 5.74) is 0.999. The lowest BCUT2D eigenvalue weighted by molar-refractivity contribution is 0.301. The molecule has 2 nitrogen and oxygen atoms in total. The molecule has 1 saturated heterocycles. The van der Waals surface area contributed by atoms with E-state index in [9.17, 15) is 8.78 Å². The van der Waals surface area contributed by atoms with Gasteiger partial charge in [-0.3, -0.25) is 0 Å². The Hall–Kier alpha value is -1.16. The maximum absolute atomic E-state index is 14.2. The zero-order valence-electron chi connectivity index (χ0n) is 12.6. The molecule has 1 fully saturated rings. The van der Waals surface area contributed by atoms with Crippen LogP contribution in [0.3, 0.4) is 0 Å². The summed E-state index contributed by atoms with van der Waals surface area (Å²) in [4.78, 5) is 1.88. The van der Waals surface area contributed by atoms with Gasteiger partial charge in [0, 0.05) is 19.6 Å². The number of benzene rings is 1. The maximum atomic E-state index is 14.2.